The number of fused-ring (bicyclic) bond motifs is 1. The van der Waals surface area contributed by atoms with Crippen LogP contribution in [0.1, 0.15) is 20.7 Å². The highest BCUT2D eigenvalue weighted by atomic mass is 16.2. The monoisotopic (exact) mass is 280 g/mol. The number of primary amides is 1. The fraction of sp³-hybridized carbons (Fsp3) is 0. The van der Waals surface area contributed by atoms with E-state index in [1.165, 1.54) is 0 Å². The Balaban J connectivity index is 1.91. The van der Waals surface area contributed by atoms with Crippen molar-refractivity contribution in [3.05, 3.63) is 66.1 Å². The van der Waals surface area contributed by atoms with Crippen LogP contribution in [0.3, 0.4) is 0 Å². The summed E-state index contributed by atoms with van der Waals surface area (Å²) in [4.78, 5) is 27.7. The Kier molecular flexibility index (Phi) is 3.12. The number of rotatable bonds is 3. The topological polar surface area (TPSA) is 89.5 Å². The summed E-state index contributed by atoms with van der Waals surface area (Å²) in [6, 6.07) is 10.0. The van der Waals surface area contributed by atoms with Crippen molar-refractivity contribution in [2.45, 2.75) is 0 Å². The first-order valence-corrected chi connectivity index (χ1v) is 6.28. The number of pyridine rings is 1. The Labute approximate surface area is 120 Å². The van der Waals surface area contributed by atoms with Crippen LogP contribution in [-0.2, 0) is 0 Å². The lowest BCUT2D eigenvalue weighted by Crippen LogP contribution is -2.18. The maximum absolute atomic E-state index is 12.3. The molecule has 0 spiro atoms. The van der Waals surface area contributed by atoms with E-state index in [0.29, 0.717) is 11.3 Å². The van der Waals surface area contributed by atoms with Crippen LogP contribution in [0.4, 0.5) is 5.69 Å². The molecule has 3 aromatic rings. The molecule has 104 valence electrons. The van der Waals surface area contributed by atoms with E-state index in [1.54, 1.807) is 59.4 Å². The molecule has 0 fully saturated rings. The van der Waals surface area contributed by atoms with Crippen molar-refractivity contribution in [3.63, 3.8) is 0 Å². The summed E-state index contributed by atoms with van der Waals surface area (Å²) in [5, 5.41) is 2.69. The third kappa shape index (κ3) is 2.46. The van der Waals surface area contributed by atoms with Crippen LogP contribution in [0, 0.1) is 0 Å². The molecule has 0 radical (unpaired) electrons. The normalized spacial score (nSPS) is 10.5. The molecule has 0 bridgehead atoms. The number of hydrogen-bond donors (Lipinski definition) is 2. The zero-order chi connectivity index (χ0) is 14.8. The lowest BCUT2D eigenvalue weighted by Gasteiger charge is -2.09. The lowest BCUT2D eigenvalue weighted by atomic mass is 10.1. The molecule has 2 amide bonds. The molecule has 0 atom stereocenters. The second-order valence-electron chi connectivity index (χ2n) is 4.47. The molecule has 0 aliphatic rings. The number of hydrogen-bond acceptors (Lipinski definition) is 3. The first-order valence-electron chi connectivity index (χ1n) is 6.28. The molecule has 6 heteroatoms. The van der Waals surface area contributed by atoms with Crippen molar-refractivity contribution in [1.82, 2.24) is 9.38 Å². The van der Waals surface area contributed by atoms with Crippen LogP contribution in [0.15, 0.2) is 55.0 Å². The van der Waals surface area contributed by atoms with Gasteiger partial charge in [-0.25, -0.2) is 4.98 Å². The average molecular weight is 280 g/mol. The molecule has 21 heavy (non-hydrogen) atoms. The molecular weight excluding hydrogens is 268 g/mol. The van der Waals surface area contributed by atoms with Crippen molar-refractivity contribution in [2.24, 2.45) is 5.73 Å². The van der Waals surface area contributed by atoms with Gasteiger partial charge >= 0.3 is 0 Å². The Hall–Kier alpha value is -3.15. The van der Waals surface area contributed by atoms with Gasteiger partial charge in [-0.1, -0.05) is 12.1 Å². The molecule has 0 saturated carbocycles. The number of aromatic nitrogens is 2. The molecule has 6 nitrogen and oxygen atoms in total. The van der Waals surface area contributed by atoms with Crippen molar-refractivity contribution >= 4 is 23.1 Å². The number of nitrogens with one attached hydrogen (secondary N) is 1. The van der Waals surface area contributed by atoms with Crippen LogP contribution in [0.25, 0.3) is 5.65 Å². The summed E-state index contributed by atoms with van der Waals surface area (Å²) in [5.41, 5.74) is 7.16. The van der Waals surface area contributed by atoms with Gasteiger partial charge in [0.05, 0.1) is 16.8 Å². The minimum atomic E-state index is -0.587. The SMILES string of the molecule is NC(=O)c1ccccc1NC(=O)c1ccc2nccn2c1. The Bertz CT molecular complexity index is 838. The van der Waals surface area contributed by atoms with Crippen LogP contribution in [0.5, 0.6) is 0 Å². The van der Waals surface area contributed by atoms with E-state index in [2.05, 4.69) is 10.3 Å². The zero-order valence-electron chi connectivity index (χ0n) is 11.0. The molecule has 3 rings (SSSR count). The predicted molar refractivity (Wildman–Crippen MR) is 78.1 cm³/mol. The minimum absolute atomic E-state index is 0.273. The van der Waals surface area contributed by atoms with Crippen LogP contribution >= 0.6 is 0 Å². The highest BCUT2D eigenvalue weighted by Crippen LogP contribution is 2.16. The number of imidazole rings is 1. The second kappa shape index (κ2) is 5.09. The standard InChI is InChI=1S/C15H12N4O2/c16-14(20)11-3-1-2-4-12(11)18-15(21)10-5-6-13-17-7-8-19(13)9-10/h1-9H,(H2,16,20)(H,18,21). The molecule has 0 unspecified atom stereocenters. The van der Waals surface area contributed by atoms with Crippen molar-refractivity contribution in [1.29, 1.82) is 0 Å². The summed E-state index contributed by atoms with van der Waals surface area (Å²) in [7, 11) is 0. The fourth-order valence-electron chi connectivity index (χ4n) is 2.06. The number of benzene rings is 1. The summed E-state index contributed by atoms with van der Waals surface area (Å²) in [6.07, 6.45) is 5.08. The highest BCUT2D eigenvalue weighted by Gasteiger charge is 2.12. The molecule has 3 N–H and O–H groups in total. The number of nitrogens with zero attached hydrogens (tertiary/aromatic N) is 2. The van der Waals surface area contributed by atoms with Gasteiger partial charge in [-0.15, -0.1) is 0 Å². The first-order chi connectivity index (χ1) is 10.1. The number of anilines is 1. The molecule has 2 aromatic heterocycles. The van der Waals surface area contributed by atoms with Gasteiger partial charge in [-0.3, -0.25) is 9.59 Å². The van der Waals surface area contributed by atoms with E-state index >= 15 is 0 Å². The number of carbonyl (C=O) groups excluding carboxylic acids is 2. The number of para-hydroxylation sites is 1. The van der Waals surface area contributed by atoms with E-state index in [-0.39, 0.29) is 11.5 Å². The van der Waals surface area contributed by atoms with Gasteiger partial charge in [-0.05, 0) is 24.3 Å². The van der Waals surface area contributed by atoms with E-state index in [9.17, 15) is 9.59 Å². The van der Waals surface area contributed by atoms with E-state index in [0.717, 1.165) is 5.65 Å². The van der Waals surface area contributed by atoms with Gasteiger partial charge in [-0.2, -0.15) is 0 Å². The van der Waals surface area contributed by atoms with Gasteiger partial charge in [0.15, 0.2) is 0 Å². The average Bonchev–Trinajstić information content (AvgIpc) is 2.94. The molecule has 0 saturated heterocycles. The summed E-state index contributed by atoms with van der Waals surface area (Å²) in [5.74, 6) is -0.907. The molecular formula is C15H12N4O2. The van der Waals surface area contributed by atoms with Gasteiger partial charge in [0.25, 0.3) is 11.8 Å². The fourth-order valence-corrected chi connectivity index (χ4v) is 2.06. The maximum Gasteiger partial charge on any atom is 0.257 e. The largest absolute Gasteiger partial charge is 0.366 e. The first kappa shape index (κ1) is 12.9. The van der Waals surface area contributed by atoms with Crippen molar-refractivity contribution in [3.8, 4) is 0 Å². The lowest BCUT2D eigenvalue weighted by molar-refractivity contribution is 0.100. The van der Waals surface area contributed by atoms with E-state index in [1.807, 2.05) is 0 Å². The molecule has 2 heterocycles. The maximum atomic E-state index is 12.3. The Morgan fingerprint density at radius 2 is 1.95 bits per heavy atom. The van der Waals surface area contributed by atoms with Crippen molar-refractivity contribution in [2.75, 3.05) is 5.32 Å². The smallest absolute Gasteiger partial charge is 0.257 e. The predicted octanol–water partition coefficient (Wildman–Crippen LogP) is 1.69. The Morgan fingerprint density at radius 1 is 1.14 bits per heavy atom. The van der Waals surface area contributed by atoms with Crippen LogP contribution < -0.4 is 11.1 Å². The quantitative estimate of drug-likeness (QED) is 0.765. The van der Waals surface area contributed by atoms with Gasteiger partial charge in [0.1, 0.15) is 5.65 Å². The third-order valence-corrected chi connectivity index (χ3v) is 3.09. The highest BCUT2D eigenvalue weighted by molar-refractivity contribution is 6.08. The zero-order valence-corrected chi connectivity index (χ0v) is 11.0. The van der Waals surface area contributed by atoms with Gasteiger partial charge in [0, 0.05) is 18.6 Å². The number of amides is 2. The summed E-state index contributed by atoms with van der Waals surface area (Å²) in [6.45, 7) is 0. The van der Waals surface area contributed by atoms with Crippen LogP contribution in [-0.4, -0.2) is 21.2 Å². The number of nitrogens with two attached hydrogens (primary N) is 1. The summed E-state index contributed by atoms with van der Waals surface area (Å²) >= 11 is 0. The van der Waals surface area contributed by atoms with Gasteiger partial charge < -0.3 is 15.5 Å². The number of carbonyl (C=O) groups is 2. The summed E-state index contributed by atoms with van der Waals surface area (Å²) < 4.78 is 1.74. The van der Waals surface area contributed by atoms with E-state index < -0.39 is 5.91 Å². The van der Waals surface area contributed by atoms with E-state index in [4.69, 9.17) is 5.73 Å². The third-order valence-electron chi connectivity index (χ3n) is 3.09. The van der Waals surface area contributed by atoms with Crippen molar-refractivity contribution < 1.29 is 9.59 Å². The van der Waals surface area contributed by atoms with Gasteiger partial charge in [0.2, 0.25) is 0 Å². The second-order valence-corrected chi connectivity index (χ2v) is 4.47. The molecule has 0 aliphatic carbocycles. The molecule has 1 aromatic carbocycles. The molecule has 0 aliphatic heterocycles. The minimum Gasteiger partial charge on any atom is -0.366 e. The Morgan fingerprint density at radius 3 is 2.76 bits per heavy atom. The van der Waals surface area contributed by atoms with Crippen LogP contribution in [0.2, 0.25) is 0 Å².